The third-order valence-corrected chi connectivity index (χ3v) is 13.0. The summed E-state index contributed by atoms with van der Waals surface area (Å²) in [5.41, 5.74) is 0. The van der Waals surface area contributed by atoms with Crippen LogP contribution in [0.25, 0.3) is 0 Å². The Morgan fingerprint density at radius 2 is 0.959 bits per heavy atom. The highest BCUT2D eigenvalue weighted by atomic mass is 16.8. The zero-order chi connectivity index (χ0) is 53.4. The fourth-order valence-corrected chi connectivity index (χ4v) is 8.55. The molecule has 0 aromatic carbocycles. The van der Waals surface area contributed by atoms with Gasteiger partial charge in [0, 0.05) is 6.42 Å². The lowest BCUT2D eigenvalue weighted by Crippen LogP contribution is -2.66. The minimum atomic E-state index is -1.98. The van der Waals surface area contributed by atoms with Crippen LogP contribution in [-0.4, -0.2) is 193 Å². The minimum Gasteiger partial charge on any atom is -0.394 e. The molecule has 0 aromatic heterocycles. The van der Waals surface area contributed by atoms with E-state index < -0.39 is 124 Å². The molecule has 19 heteroatoms. The lowest BCUT2D eigenvalue weighted by atomic mass is 9.96. The first-order valence-corrected chi connectivity index (χ1v) is 26.7. The summed E-state index contributed by atoms with van der Waals surface area (Å²) in [6.07, 6.45) is 15.1. The Morgan fingerprint density at radius 3 is 1.52 bits per heavy atom. The van der Waals surface area contributed by atoms with Crippen LogP contribution in [0.4, 0.5) is 0 Å². The van der Waals surface area contributed by atoms with Crippen LogP contribution in [0.1, 0.15) is 129 Å². The maximum atomic E-state index is 13.2. The van der Waals surface area contributed by atoms with Gasteiger partial charge in [-0.25, -0.2) is 0 Å². The van der Waals surface area contributed by atoms with Crippen molar-refractivity contribution in [3.63, 3.8) is 0 Å². The zero-order valence-corrected chi connectivity index (χ0v) is 43.1. The number of ether oxygens (including phenoxy) is 6. The third-order valence-electron chi connectivity index (χ3n) is 13.0. The number of aliphatic hydroxyl groups excluding tert-OH is 11. The van der Waals surface area contributed by atoms with Crippen molar-refractivity contribution < 1.29 is 89.4 Å². The van der Waals surface area contributed by atoms with Gasteiger partial charge in [0.05, 0.1) is 38.6 Å². The molecule has 0 aliphatic carbocycles. The van der Waals surface area contributed by atoms with E-state index in [1.165, 1.54) is 19.3 Å². The van der Waals surface area contributed by atoms with Crippen LogP contribution in [0, 0.1) is 0 Å². The van der Waals surface area contributed by atoms with E-state index >= 15 is 0 Å². The number of hydrogen-bond donors (Lipinski definition) is 12. The number of unbranched alkanes of at least 4 members (excludes halogenated alkanes) is 10. The Kier molecular flexibility index (Phi) is 33.5. The average molecular weight is 1040 g/mol. The maximum Gasteiger partial charge on any atom is 0.220 e. The van der Waals surface area contributed by atoms with E-state index in [1.54, 1.807) is 12.2 Å². The summed E-state index contributed by atoms with van der Waals surface area (Å²) in [6, 6.07) is -0.994. The predicted molar refractivity (Wildman–Crippen MR) is 272 cm³/mol. The molecule has 420 valence electrons. The molecule has 0 saturated carbocycles. The Hall–Kier alpha value is -2.77. The summed E-state index contributed by atoms with van der Waals surface area (Å²) < 4.78 is 34.0. The van der Waals surface area contributed by atoms with Crippen molar-refractivity contribution in [2.24, 2.45) is 0 Å². The topological polar surface area (TPSA) is 307 Å². The first kappa shape index (κ1) is 64.5. The van der Waals surface area contributed by atoms with Crippen LogP contribution >= 0.6 is 0 Å². The highest BCUT2D eigenvalue weighted by molar-refractivity contribution is 5.76. The van der Waals surface area contributed by atoms with E-state index in [2.05, 4.69) is 79.9 Å². The van der Waals surface area contributed by atoms with Gasteiger partial charge in [0.2, 0.25) is 5.91 Å². The Labute approximate surface area is 432 Å². The number of carbonyl (C=O) groups excluding carboxylic acids is 1. The molecule has 3 rings (SSSR count). The molecule has 12 N–H and O–H groups in total. The number of allylic oxidation sites excluding steroid dienone is 11. The second-order valence-corrected chi connectivity index (χ2v) is 18.9. The number of hydrogen-bond acceptors (Lipinski definition) is 18. The number of nitrogens with one attached hydrogen (secondary N) is 1. The van der Waals surface area contributed by atoms with Gasteiger partial charge in [0.25, 0.3) is 0 Å². The smallest absolute Gasteiger partial charge is 0.220 e. The zero-order valence-electron chi connectivity index (χ0n) is 43.1. The molecule has 1 amide bonds. The second kappa shape index (κ2) is 37.9. The average Bonchev–Trinajstić information content (AvgIpc) is 3.39. The van der Waals surface area contributed by atoms with Gasteiger partial charge in [-0.3, -0.25) is 4.79 Å². The van der Waals surface area contributed by atoms with E-state index in [0.717, 1.165) is 77.0 Å². The van der Waals surface area contributed by atoms with Crippen LogP contribution in [0.3, 0.4) is 0 Å². The molecule has 17 unspecified atom stereocenters. The Bertz CT molecular complexity index is 1620. The van der Waals surface area contributed by atoms with Crippen molar-refractivity contribution in [2.75, 3.05) is 26.4 Å². The number of rotatable bonds is 36. The fraction of sp³-hybridized carbons (Fsp3) is 0.759. The SMILES string of the molecule is CC/C=C\C/C=C\C/C=C\C/C=C\CCCCCCCCCCC(=O)NC(COC1OC(CO)C(OC2OC(CO)C(OC3OC(CO)C(O)C(O)C3O)C(O)C2O)C(O)C1O)C(O)/C=C/CC/C=C/CCC. The van der Waals surface area contributed by atoms with Crippen molar-refractivity contribution in [2.45, 2.75) is 234 Å². The molecule has 73 heavy (non-hydrogen) atoms. The maximum absolute atomic E-state index is 13.2. The largest absolute Gasteiger partial charge is 0.394 e. The van der Waals surface area contributed by atoms with Gasteiger partial charge in [0.1, 0.15) is 73.2 Å². The van der Waals surface area contributed by atoms with Crippen molar-refractivity contribution >= 4 is 5.91 Å². The molecule has 0 radical (unpaired) electrons. The van der Waals surface area contributed by atoms with E-state index in [0.29, 0.717) is 12.8 Å². The van der Waals surface area contributed by atoms with Crippen molar-refractivity contribution in [3.8, 4) is 0 Å². The molecule has 3 fully saturated rings. The lowest BCUT2D eigenvalue weighted by Gasteiger charge is -2.48. The number of aliphatic hydroxyl groups is 11. The molecule has 0 bridgehead atoms. The van der Waals surface area contributed by atoms with Crippen LogP contribution in [0.2, 0.25) is 0 Å². The van der Waals surface area contributed by atoms with Gasteiger partial charge in [0.15, 0.2) is 18.9 Å². The van der Waals surface area contributed by atoms with Gasteiger partial charge in [-0.05, 0) is 64.2 Å². The van der Waals surface area contributed by atoms with Gasteiger partial charge in [-0.15, -0.1) is 0 Å². The van der Waals surface area contributed by atoms with Gasteiger partial charge >= 0.3 is 0 Å². The lowest BCUT2D eigenvalue weighted by molar-refractivity contribution is -0.379. The van der Waals surface area contributed by atoms with Crippen molar-refractivity contribution in [1.82, 2.24) is 5.32 Å². The second-order valence-electron chi connectivity index (χ2n) is 18.9. The molecule has 17 atom stereocenters. The van der Waals surface area contributed by atoms with Gasteiger partial charge < -0.3 is 89.9 Å². The predicted octanol–water partition coefficient (Wildman–Crippen LogP) is 2.70. The summed E-state index contributed by atoms with van der Waals surface area (Å²) in [5, 5.41) is 119. The Morgan fingerprint density at radius 1 is 0.507 bits per heavy atom. The first-order chi connectivity index (χ1) is 35.3. The normalized spacial score (nSPS) is 32.3. The summed E-state index contributed by atoms with van der Waals surface area (Å²) >= 11 is 0. The number of amides is 1. The summed E-state index contributed by atoms with van der Waals surface area (Å²) in [5.74, 6) is -0.304. The van der Waals surface area contributed by atoms with Crippen LogP contribution in [0.15, 0.2) is 72.9 Å². The van der Waals surface area contributed by atoms with Crippen molar-refractivity contribution in [1.29, 1.82) is 0 Å². The molecule has 3 aliphatic heterocycles. The molecular formula is C54H91NO18. The van der Waals surface area contributed by atoms with Crippen molar-refractivity contribution in [3.05, 3.63) is 72.9 Å². The molecule has 19 nitrogen and oxygen atoms in total. The minimum absolute atomic E-state index is 0.221. The monoisotopic (exact) mass is 1040 g/mol. The molecule has 3 heterocycles. The van der Waals surface area contributed by atoms with Gasteiger partial charge in [-0.1, -0.05) is 132 Å². The molecule has 3 aliphatic rings. The van der Waals surface area contributed by atoms with Crippen LogP contribution < -0.4 is 5.32 Å². The quantitative estimate of drug-likeness (QED) is 0.0317. The summed E-state index contributed by atoms with van der Waals surface area (Å²) in [6.45, 7) is 1.41. The van der Waals surface area contributed by atoms with Crippen LogP contribution in [-0.2, 0) is 33.2 Å². The third kappa shape index (κ3) is 23.2. The highest BCUT2D eigenvalue weighted by Gasteiger charge is 2.53. The Balaban J connectivity index is 1.48. The molecule has 3 saturated heterocycles. The molecule has 0 spiro atoms. The highest BCUT2D eigenvalue weighted by Crippen LogP contribution is 2.33. The fourth-order valence-electron chi connectivity index (χ4n) is 8.55. The standard InChI is InChI=1S/C54H91NO18/c1-3-5-7-9-11-12-13-14-15-16-17-18-19-20-21-22-23-24-26-28-30-32-42(60)55-37(38(59)31-29-27-25-10-8-6-4-2)36-68-52-48(66)45(63)50(40(34-57)70-52)73-54-49(67)46(64)51(41(35-58)71-54)72-53-47(65)44(62)43(61)39(33-56)69-53/h5,7-8,10-12,14-15,17-18,29,31,37-41,43-54,56-59,61-67H,3-4,6,9,13,16,19-28,30,32-36H2,1-2H3,(H,55,60)/b7-5-,10-8+,12-11-,15-14-,18-17-,31-29+. The first-order valence-electron chi connectivity index (χ1n) is 26.7. The van der Waals surface area contributed by atoms with E-state index in [1.807, 2.05) is 0 Å². The number of carbonyl (C=O) groups is 1. The van der Waals surface area contributed by atoms with E-state index in [4.69, 9.17) is 28.4 Å². The molecular weight excluding hydrogens is 951 g/mol. The van der Waals surface area contributed by atoms with E-state index in [9.17, 15) is 61.0 Å². The summed E-state index contributed by atoms with van der Waals surface area (Å²) in [7, 11) is 0. The van der Waals surface area contributed by atoms with Gasteiger partial charge in [-0.2, -0.15) is 0 Å². The van der Waals surface area contributed by atoms with E-state index in [-0.39, 0.29) is 18.9 Å². The summed E-state index contributed by atoms with van der Waals surface area (Å²) in [4.78, 5) is 13.2. The molecule has 0 aromatic rings. The van der Waals surface area contributed by atoms with Crippen LogP contribution in [0.5, 0.6) is 0 Å².